The van der Waals surface area contributed by atoms with Crippen molar-refractivity contribution >= 4 is 28.9 Å². The van der Waals surface area contributed by atoms with E-state index >= 15 is 0 Å². The van der Waals surface area contributed by atoms with Crippen molar-refractivity contribution in [3.8, 4) is 0 Å². The van der Waals surface area contributed by atoms with E-state index in [1.807, 2.05) is 29.2 Å². The van der Waals surface area contributed by atoms with Crippen LogP contribution in [0.15, 0.2) is 24.3 Å². The molecule has 0 aliphatic carbocycles. The van der Waals surface area contributed by atoms with E-state index in [4.69, 9.17) is 0 Å². The maximum atomic E-state index is 12.3. The Hall–Kier alpha value is -2.32. The SMILES string of the molecule is CCc1ccc(NC(=O)c2nnc(CN3CCC[C@H]3C(=O)O)s2)cc1. The second kappa shape index (κ2) is 7.71. The lowest BCUT2D eigenvalue weighted by Gasteiger charge is -2.18. The number of carboxylic acid groups (broad SMARTS) is 1. The minimum absolute atomic E-state index is 0.278. The normalized spacial score (nSPS) is 17.6. The number of anilines is 1. The molecule has 0 saturated carbocycles. The third-order valence-electron chi connectivity index (χ3n) is 4.27. The largest absolute Gasteiger partial charge is 0.480 e. The predicted molar refractivity (Wildman–Crippen MR) is 94.8 cm³/mol. The number of amides is 1. The van der Waals surface area contributed by atoms with Gasteiger partial charge in [-0.15, -0.1) is 10.2 Å². The molecule has 0 unspecified atom stereocenters. The standard InChI is InChI=1S/C17H20N4O3S/c1-2-11-5-7-12(8-6-11)18-15(22)16-20-19-14(25-16)10-21-9-3-4-13(21)17(23)24/h5-8,13H,2-4,9-10H2,1H3,(H,18,22)(H,23,24)/t13-/m0/s1. The molecule has 2 N–H and O–H groups in total. The molecular formula is C17H20N4O3S. The maximum absolute atomic E-state index is 12.3. The number of aliphatic carboxylic acids is 1. The summed E-state index contributed by atoms with van der Waals surface area (Å²) in [5.74, 6) is -1.11. The number of rotatable bonds is 6. The van der Waals surface area contributed by atoms with E-state index in [0.717, 1.165) is 19.4 Å². The number of hydrogen-bond acceptors (Lipinski definition) is 6. The molecular weight excluding hydrogens is 340 g/mol. The van der Waals surface area contributed by atoms with Gasteiger partial charge in [-0.25, -0.2) is 0 Å². The van der Waals surface area contributed by atoms with Gasteiger partial charge in [-0.3, -0.25) is 14.5 Å². The summed E-state index contributed by atoms with van der Waals surface area (Å²) >= 11 is 1.20. The first-order valence-corrected chi connectivity index (χ1v) is 9.08. The molecule has 25 heavy (non-hydrogen) atoms. The molecule has 0 spiro atoms. The number of carbonyl (C=O) groups excluding carboxylic acids is 1. The summed E-state index contributed by atoms with van der Waals surface area (Å²) in [6.07, 6.45) is 2.45. The molecule has 1 fully saturated rings. The van der Waals surface area contributed by atoms with E-state index in [0.29, 0.717) is 23.7 Å². The summed E-state index contributed by atoms with van der Waals surface area (Å²) in [6.45, 7) is 3.21. The van der Waals surface area contributed by atoms with Gasteiger partial charge in [-0.2, -0.15) is 0 Å². The molecule has 1 aliphatic rings. The summed E-state index contributed by atoms with van der Waals surface area (Å²) < 4.78 is 0. The Morgan fingerprint density at radius 3 is 2.76 bits per heavy atom. The molecule has 1 aromatic carbocycles. The zero-order valence-electron chi connectivity index (χ0n) is 13.9. The van der Waals surface area contributed by atoms with E-state index < -0.39 is 12.0 Å². The monoisotopic (exact) mass is 360 g/mol. The van der Waals surface area contributed by atoms with Gasteiger partial charge >= 0.3 is 5.97 Å². The first-order valence-electron chi connectivity index (χ1n) is 8.26. The quantitative estimate of drug-likeness (QED) is 0.821. The Labute approximate surface area is 149 Å². The number of aryl methyl sites for hydroxylation is 1. The van der Waals surface area contributed by atoms with Gasteiger partial charge < -0.3 is 10.4 Å². The van der Waals surface area contributed by atoms with Crippen molar-refractivity contribution < 1.29 is 14.7 Å². The maximum Gasteiger partial charge on any atom is 0.320 e. The van der Waals surface area contributed by atoms with Gasteiger partial charge in [0.25, 0.3) is 5.91 Å². The lowest BCUT2D eigenvalue weighted by molar-refractivity contribution is -0.142. The van der Waals surface area contributed by atoms with Crippen molar-refractivity contribution in [2.24, 2.45) is 0 Å². The van der Waals surface area contributed by atoms with Crippen molar-refractivity contribution in [3.63, 3.8) is 0 Å². The number of aromatic nitrogens is 2. The molecule has 1 aromatic heterocycles. The van der Waals surface area contributed by atoms with E-state index in [1.54, 1.807) is 0 Å². The number of nitrogens with one attached hydrogen (secondary N) is 1. The fourth-order valence-corrected chi connectivity index (χ4v) is 3.65. The van der Waals surface area contributed by atoms with Gasteiger partial charge in [-0.1, -0.05) is 30.4 Å². The molecule has 0 bridgehead atoms. The summed E-state index contributed by atoms with van der Waals surface area (Å²) in [7, 11) is 0. The molecule has 3 rings (SSSR count). The van der Waals surface area contributed by atoms with Crippen molar-refractivity contribution in [1.82, 2.24) is 15.1 Å². The zero-order chi connectivity index (χ0) is 17.8. The number of nitrogens with zero attached hydrogens (tertiary/aromatic N) is 3. The van der Waals surface area contributed by atoms with E-state index in [9.17, 15) is 14.7 Å². The highest BCUT2D eigenvalue weighted by Gasteiger charge is 2.31. The highest BCUT2D eigenvalue weighted by molar-refractivity contribution is 7.13. The first-order chi connectivity index (χ1) is 12.1. The third kappa shape index (κ3) is 4.21. The van der Waals surface area contributed by atoms with Crippen molar-refractivity contribution in [3.05, 3.63) is 39.8 Å². The molecule has 1 aliphatic heterocycles. The number of likely N-dealkylation sites (tertiary alicyclic amines) is 1. The van der Waals surface area contributed by atoms with E-state index in [1.165, 1.54) is 16.9 Å². The number of hydrogen-bond donors (Lipinski definition) is 2. The fraction of sp³-hybridized carbons (Fsp3) is 0.412. The minimum atomic E-state index is -0.810. The number of benzene rings is 1. The van der Waals surface area contributed by atoms with Crippen molar-refractivity contribution in [2.45, 2.75) is 38.8 Å². The Morgan fingerprint density at radius 1 is 1.32 bits per heavy atom. The molecule has 1 atom stereocenters. The molecule has 2 aromatic rings. The Bertz CT molecular complexity index is 760. The van der Waals surface area contributed by atoms with E-state index in [-0.39, 0.29) is 10.9 Å². The smallest absolute Gasteiger partial charge is 0.320 e. The van der Waals surface area contributed by atoms with Crippen LogP contribution in [0.2, 0.25) is 0 Å². The molecule has 8 heteroatoms. The molecule has 1 saturated heterocycles. The predicted octanol–water partition coefficient (Wildman–Crippen LogP) is 2.40. The molecule has 0 radical (unpaired) electrons. The second-order valence-corrected chi connectivity index (χ2v) is 7.03. The Kier molecular flexibility index (Phi) is 5.40. The van der Waals surface area contributed by atoms with Crippen LogP contribution < -0.4 is 5.32 Å². The van der Waals surface area contributed by atoms with Gasteiger partial charge in [0.2, 0.25) is 5.01 Å². The van der Waals surface area contributed by atoms with Crippen molar-refractivity contribution in [1.29, 1.82) is 0 Å². The van der Waals surface area contributed by atoms with Gasteiger partial charge in [0.15, 0.2) is 0 Å². The molecule has 7 nitrogen and oxygen atoms in total. The van der Waals surface area contributed by atoms with Crippen molar-refractivity contribution in [2.75, 3.05) is 11.9 Å². The van der Waals surface area contributed by atoms with E-state index in [2.05, 4.69) is 22.4 Å². The first kappa shape index (κ1) is 17.5. The Morgan fingerprint density at radius 2 is 2.08 bits per heavy atom. The van der Waals surface area contributed by atoms with Crippen LogP contribution in [-0.2, 0) is 17.8 Å². The highest BCUT2D eigenvalue weighted by atomic mass is 32.1. The van der Waals surface area contributed by atoms with Crippen LogP contribution >= 0.6 is 11.3 Å². The summed E-state index contributed by atoms with van der Waals surface area (Å²) in [5, 5.41) is 20.9. The van der Waals surface area contributed by atoms with Crippen LogP contribution in [-0.4, -0.2) is 44.7 Å². The second-order valence-electron chi connectivity index (χ2n) is 5.97. The lowest BCUT2D eigenvalue weighted by Crippen LogP contribution is -2.35. The van der Waals surface area contributed by atoms with Gasteiger partial charge in [0.1, 0.15) is 11.0 Å². The third-order valence-corrected chi connectivity index (χ3v) is 5.17. The average Bonchev–Trinajstić information content (AvgIpc) is 3.25. The molecule has 132 valence electrons. The topological polar surface area (TPSA) is 95.4 Å². The average molecular weight is 360 g/mol. The van der Waals surface area contributed by atoms with Crippen LogP contribution in [0.3, 0.4) is 0 Å². The van der Waals surface area contributed by atoms with Crippen LogP contribution in [0.5, 0.6) is 0 Å². The summed E-state index contributed by atoms with van der Waals surface area (Å²) in [6, 6.07) is 7.19. The van der Waals surface area contributed by atoms with Gasteiger partial charge in [-0.05, 0) is 43.5 Å². The number of carbonyl (C=O) groups is 2. The fourth-order valence-electron chi connectivity index (χ4n) is 2.89. The van der Waals surface area contributed by atoms with Crippen LogP contribution in [0.1, 0.15) is 40.1 Å². The number of carboxylic acids is 1. The highest BCUT2D eigenvalue weighted by Crippen LogP contribution is 2.22. The summed E-state index contributed by atoms with van der Waals surface area (Å²) in [5.41, 5.74) is 1.92. The summed E-state index contributed by atoms with van der Waals surface area (Å²) in [4.78, 5) is 25.4. The Balaban J connectivity index is 1.62. The van der Waals surface area contributed by atoms with Gasteiger partial charge in [0, 0.05) is 5.69 Å². The minimum Gasteiger partial charge on any atom is -0.480 e. The van der Waals surface area contributed by atoms with Crippen LogP contribution in [0, 0.1) is 0 Å². The molecule has 2 heterocycles. The lowest BCUT2D eigenvalue weighted by atomic mass is 10.1. The van der Waals surface area contributed by atoms with Gasteiger partial charge in [0.05, 0.1) is 6.54 Å². The van der Waals surface area contributed by atoms with Crippen LogP contribution in [0.4, 0.5) is 5.69 Å². The molecule has 1 amide bonds. The van der Waals surface area contributed by atoms with Crippen LogP contribution in [0.25, 0.3) is 0 Å². The zero-order valence-corrected chi connectivity index (χ0v) is 14.8.